The summed E-state index contributed by atoms with van der Waals surface area (Å²) in [5, 5.41) is 6.03. The quantitative estimate of drug-likeness (QED) is 0.901. The third-order valence-electron chi connectivity index (χ3n) is 4.35. The van der Waals surface area contributed by atoms with E-state index in [-0.39, 0.29) is 0 Å². The second kappa shape index (κ2) is 7.55. The van der Waals surface area contributed by atoms with Gasteiger partial charge in [0.25, 0.3) is 0 Å². The molecule has 0 aliphatic carbocycles. The third kappa shape index (κ3) is 3.82. The Balaban J connectivity index is 2.22. The van der Waals surface area contributed by atoms with Gasteiger partial charge in [0, 0.05) is 17.5 Å². The molecule has 2 heterocycles. The van der Waals surface area contributed by atoms with Crippen LogP contribution in [0.1, 0.15) is 36.2 Å². The fourth-order valence-corrected chi connectivity index (χ4v) is 3.89. The van der Waals surface area contributed by atoms with Crippen molar-refractivity contribution in [3.05, 3.63) is 21.9 Å². The van der Waals surface area contributed by atoms with Gasteiger partial charge in [-0.2, -0.15) is 0 Å². The maximum Gasteiger partial charge on any atom is 0.0501 e. The molecule has 20 heavy (non-hydrogen) atoms. The fraction of sp³-hybridized carbons (Fsp3) is 0.750. The lowest BCUT2D eigenvalue weighted by Crippen LogP contribution is -2.47. The summed E-state index contributed by atoms with van der Waals surface area (Å²) in [5.41, 5.74) is 1.50. The molecule has 0 bridgehead atoms. The summed E-state index contributed by atoms with van der Waals surface area (Å²) in [5.74, 6) is 0. The van der Waals surface area contributed by atoms with E-state index in [1.54, 1.807) is 0 Å². The summed E-state index contributed by atoms with van der Waals surface area (Å²) in [6, 6.07) is 3.32. The molecular formula is C16H29N3S. The maximum absolute atomic E-state index is 3.80. The minimum absolute atomic E-state index is 0.451. The lowest BCUT2D eigenvalue weighted by atomic mass is 9.98. The van der Waals surface area contributed by atoms with E-state index in [0.717, 1.165) is 13.1 Å². The van der Waals surface area contributed by atoms with Crippen LogP contribution in [0, 0.1) is 6.92 Å². The van der Waals surface area contributed by atoms with E-state index in [1.165, 1.54) is 36.4 Å². The van der Waals surface area contributed by atoms with Crippen LogP contribution in [0.25, 0.3) is 0 Å². The minimum atomic E-state index is 0.451. The minimum Gasteiger partial charge on any atom is -0.309 e. The van der Waals surface area contributed by atoms with Gasteiger partial charge in [-0.3, -0.25) is 0 Å². The van der Waals surface area contributed by atoms with Gasteiger partial charge in [0.1, 0.15) is 0 Å². The number of hydrogen-bond acceptors (Lipinski definition) is 4. The average molecular weight is 295 g/mol. The van der Waals surface area contributed by atoms with Crippen LogP contribution >= 0.6 is 11.3 Å². The molecule has 0 amide bonds. The Bertz CT molecular complexity index is 404. The van der Waals surface area contributed by atoms with Crippen LogP contribution in [0.3, 0.4) is 0 Å². The van der Waals surface area contributed by atoms with E-state index < -0.39 is 0 Å². The lowest BCUT2D eigenvalue weighted by molar-refractivity contribution is 0.178. The molecule has 2 atom stereocenters. The number of rotatable bonds is 5. The second-order valence-electron chi connectivity index (χ2n) is 6.03. The zero-order valence-electron chi connectivity index (χ0n) is 13.4. The zero-order valence-corrected chi connectivity index (χ0v) is 14.2. The average Bonchev–Trinajstić information content (AvgIpc) is 2.76. The Labute approximate surface area is 128 Å². The summed E-state index contributed by atoms with van der Waals surface area (Å²) >= 11 is 1.87. The van der Waals surface area contributed by atoms with Gasteiger partial charge in [0.05, 0.1) is 6.04 Å². The number of nitrogens with one attached hydrogen (secondary N) is 1. The molecule has 4 heteroatoms. The summed E-state index contributed by atoms with van der Waals surface area (Å²) in [7, 11) is 4.54. The van der Waals surface area contributed by atoms with Crippen molar-refractivity contribution in [2.75, 3.05) is 40.3 Å². The molecule has 1 aliphatic heterocycles. The molecule has 2 rings (SSSR count). The van der Waals surface area contributed by atoms with Gasteiger partial charge in [-0.15, -0.1) is 11.3 Å². The largest absolute Gasteiger partial charge is 0.309 e. The molecule has 2 unspecified atom stereocenters. The van der Waals surface area contributed by atoms with Crippen molar-refractivity contribution in [3.8, 4) is 0 Å². The third-order valence-corrected chi connectivity index (χ3v) is 5.21. The predicted octanol–water partition coefficient (Wildman–Crippen LogP) is 2.73. The molecule has 0 saturated carbocycles. The molecule has 0 aromatic carbocycles. The first-order chi connectivity index (χ1) is 9.63. The smallest absolute Gasteiger partial charge is 0.0501 e. The molecule has 0 radical (unpaired) electrons. The van der Waals surface area contributed by atoms with Gasteiger partial charge >= 0.3 is 0 Å². The van der Waals surface area contributed by atoms with Gasteiger partial charge in [-0.25, -0.2) is 0 Å². The van der Waals surface area contributed by atoms with Crippen molar-refractivity contribution in [1.29, 1.82) is 0 Å². The van der Waals surface area contributed by atoms with E-state index in [4.69, 9.17) is 0 Å². The van der Waals surface area contributed by atoms with Crippen molar-refractivity contribution in [2.45, 2.75) is 38.8 Å². The lowest BCUT2D eigenvalue weighted by Gasteiger charge is -2.35. The molecule has 114 valence electrons. The molecule has 1 aromatic heterocycles. The fourth-order valence-electron chi connectivity index (χ4n) is 3.14. The molecular weight excluding hydrogens is 266 g/mol. The first-order valence-corrected chi connectivity index (χ1v) is 8.67. The van der Waals surface area contributed by atoms with E-state index in [0.29, 0.717) is 12.1 Å². The van der Waals surface area contributed by atoms with Crippen LogP contribution in [0.2, 0.25) is 0 Å². The van der Waals surface area contributed by atoms with Crippen molar-refractivity contribution in [1.82, 2.24) is 15.1 Å². The van der Waals surface area contributed by atoms with Crippen molar-refractivity contribution in [2.24, 2.45) is 0 Å². The summed E-state index contributed by atoms with van der Waals surface area (Å²) in [6.45, 7) is 9.14. The Hall–Kier alpha value is -0.420. The number of nitrogens with zero attached hydrogens (tertiary/aromatic N) is 2. The topological polar surface area (TPSA) is 18.5 Å². The van der Waals surface area contributed by atoms with Crippen LogP contribution in [-0.2, 0) is 0 Å². The highest BCUT2D eigenvalue weighted by Gasteiger charge is 2.30. The molecule has 1 fully saturated rings. The van der Waals surface area contributed by atoms with Gasteiger partial charge < -0.3 is 15.1 Å². The van der Waals surface area contributed by atoms with Crippen LogP contribution in [0.15, 0.2) is 11.4 Å². The van der Waals surface area contributed by atoms with Crippen LogP contribution in [0.4, 0.5) is 0 Å². The highest BCUT2D eigenvalue weighted by atomic mass is 32.1. The first-order valence-electron chi connectivity index (χ1n) is 7.79. The number of hydrogen-bond donors (Lipinski definition) is 1. The SMILES string of the molecule is CCCNC(c1ccsc1C)C1CN(C)CCCN1C. The number of aryl methyl sites for hydroxylation is 1. The molecule has 1 aliphatic rings. The molecule has 1 saturated heterocycles. The Morgan fingerprint density at radius 1 is 1.40 bits per heavy atom. The van der Waals surface area contributed by atoms with E-state index in [1.807, 2.05) is 11.3 Å². The van der Waals surface area contributed by atoms with E-state index in [9.17, 15) is 0 Å². The van der Waals surface area contributed by atoms with Crippen molar-refractivity contribution >= 4 is 11.3 Å². The maximum atomic E-state index is 3.80. The number of likely N-dealkylation sites (N-methyl/N-ethyl adjacent to an activating group) is 2. The van der Waals surface area contributed by atoms with Gasteiger partial charge in [0.2, 0.25) is 0 Å². The zero-order chi connectivity index (χ0) is 14.5. The van der Waals surface area contributed by atoms with Crippen LogP contribution in [0.5, 0.6) is 0 Å². The molecule has 3 nitrogen and oxygen atoms in total. The van der Waals surface area contributed by atoms with Crippen molar-refractivity contribution in [3.63, 3.8) is 0 Å². The Kier molecular flexibility index (Phi) is 6.02. The van der Waals surface area contributed by atoms with Crippen molar-refractivity contribution < 1.29 is 0 Å². The van der Waals surface area contributed by atoms with Gasteiger partial charge in [0.15, 0.2) is 0 Å². The molecule has 1 N–H and O–H groups in total. The summed E-state index contributed by atoms with van der Waals surface area (Å²) in [4.78, 5) is 6.49. The molecule has 0 spiro atoms. The first kappa shape index (κ1) is 16.0. The Morgan fingerprint density at radius 3 is 2.85 bits per heavy atom. The monoisotopic (exact) mass is 295 g/mol. The Morgan fingerprint density at radius 2 is 2.20 bits per heavy atom. The highest BCUT2D eigenvalue weighted by molar-refractivity contribution is 7.10. The van der Waals surface area contributed by atoms with E-state index in [2.05, 4.69) is 54.5 Å². The molecule has 1 aromatic rings. The van der Waals surface area contributed by atoms with E-state index >= 15 is 0 Å². The highest BCUT2D eigenvalue weighted by Crippen LogP contribution is 2.28. The van der Waals surface area contributed by atoms with Gasteiger partial charge in [-0.05, 0) is 70.5 Å². The van der Waals surface area contributed by atoms with Gasteiger partial charge in [-0.1, -0.05) is 6.92 Å². The van der Waals surface area contributed by atoms with Crippen LogP contribution < -0.4 is 5.32 Å². The summed E-state index contributed by atoms with van der Waals surface area (Å²) in [6.07, 6.45) is 2.46. The number of thiophene rings is 1. The standard InChI is InChI=1S/C16H29N3S/c1-5-8-17-16(14-7-11-20-13(14)2)15-12-18(3)9-6-10-19(15)4/h7,11,15-17H,5-6,8-10,12H2,1-4H3. The second-order valence-corrected chi connectivity index (χ2v) is 7.15. The summed E-state index contributed by atoms with van der Waals surface area (Å²) < 4.78 is 0. The normalized spacial score (nSPS) is 23.7. The predicted molar refractivity (Wildman–Crippen MR) is 88.6 cm³/mol. The van der Waals surface area contributed by atoms with Crippen LogP contribution in [-0.4, -0.2) is 56.1 Å².